The summed E-state index contributed by atoms with van der Waals surface area (Å²) in [5.41, 5.74) is -2.67. The molecule has 0 spiro atoms. The summed E-state index contributed by atoms with van der Waals surface area (Å²) in [6.07, 6.45) is -3.98. The Morgan fingerprint density at radius 2 is 1.23 bits per heavy atom. The van der Waals surface area contributed by atoms with Gasteiger partial charge < -0.3 is 5.11 Å². The van der Waals surface area contributed by atoms with Crippen LogP contribution in [0.25, 0.3) is 0 Å². The van der Waals surface area contributed by atoms with Gasteiger partial charge in [-0.2, -0.15) is 0 Å². The lowest BCUT2D eigenvalue weighted by Crippen LogP contribution is -2.40. The van der Waals surface area contributed by atoms with Crippen molar-refractivity contribution >= 4 is 23.2 Å². The molecule has 0 bridgehead atoms. The van der Waals surface area contributed by atoms with Crippen LogP contribution >= 0.6 is 23.2 Å². The number of benzene rings is 2. The van der Waals surface area contributed by atoms with E-state index in [4.69, 9.17) is 23.2 Å². The third-order valence-electron chi connectivity index (χ3n) is 4.44. The lowest BCUT2D eigenvalue weighted by Gasteiger charge is -2.16. The Labute approximate surface area is 182 Å². The Hall–Kier alpha value is -2.78. The first-order valence-corrected chi connectivity index (χ1v) is 9.54. The van der Waals surface area contributed by atoms with Gasteiger partial charge in [0, 0.05) is 10.0 Å². The van der Waals surface area contributed by atoms with E-state index in [1.54, 1.807) is 0 Å². The number of hydrogen-bond acceptors (Lipinski definition) is 3. The zero-order valence-electron chi connectivity index (χ0n) is 15.5. The Morgan fingerprint density at radius 1 is 0.774 bits per heavy atom. The predicted octanol–water partition coefficient (Wildman–Crippen LogP) is 4.72. The Balaban J connectivity index is 1.94. The van der Waals surface area contributed by atoms with E-state index in [1.165, 1.54) is 0 Å². The maximum absolute atomic E-state index is 14.7. The normalized spacial score (nSPS) is 13.2. The third kappa shape index (κ3) is 5.29. The smallest absolute Gasteiger partial charge is 0.333 e. The van der Waals surface area contributed by atoms with Gasteiger partial charge in [0.1, 0.15) is 24.0 Å². The van der Waals surface area contributed by atoms with Crippen molar-refractivity contribution in [2.24, 2.45) is 0 Å². The second-order valence-electron chi connectivity index (χ2n) is 6.69. The van der Waals surface area contributed by atoms with E-state index in [2.05, 4.69) is 0 Å². The van der Waals surface area contributed by atoms with Crippen molar-refractivity contribution in [1.29, 1.82) is 0 Å². The molecule has 0 saturated carbocycles. The molecule has 2 atom stereocenters. The Bertz CT molecular complexity index is 1210. The molecular formula is C20H14Cl2F4N2O3. The molecule has 31 heavy (non-hydrogen) atoms. The quantitative estimate of drug-likeness (QED) is 0.523. The highest BCUT2D eigenvalue weighted by atomic mass is 35.5. The molecule has 0 radical (unpaired) electrons. The van der Waals surface area contributed by atoms with Crippen LogP contribution in [-0.4, -0.2) is 14.2 Å². The average Bonchev–Trinajstić information content (AvgIpc) is 2.66. The number of alkyl halides is 2. The number of rotatable bonds is 6. The molecule has 11 heteroatoms. The second kappa shape index (κ2) is 9.15. The lowest BCUT2D eigenvalue weighted by molar-refractivity contribution is 0.261. The zero-order chi connectivity index (χ0) is 22.9. The molecule has 0 fully saturated rings. The minimum atomic E-state index is -2.00. The summed E-state index contributed by atoms with van der Waals surface area (Å²) in [6, 6.07) is 6.51. The number of aromatic nitrogens is 2. The maximum Gasteiger partial charge on any atom is 0.333 e. The van der Waals surface area contributed by atoms with Crippen LogP contribution in [0, 0.1) is 11.6 Å². The van der Waals surface area contributed by atoms with Gasteiger partial charge in [-0.1, -0.05) is 23.2 Å². The van der Waals surface area contributed by atoms with E-state index in [0.717, 1.165) is 36.4 Å². The largest absolute Gasteiger partial charge is 0.494 e. The van der Waals surface area contributed by atoms with E-state index in [1.807, 2.05) is 0 Å². The van der Waals surface area contributed by atoms with Crippen molar-refractivity contribution in [2.45, 2.75) is 25.4 Å². The fourth-order valence-corrected chi connectivity index (χ4v) is 3.45. The molecule has 5 nitrogen and oxygen atoms in total. The number of aromatic hydroxyl groups is 1. The predicted molar refractivity (Wildman–Crippen MR) is 107 cm³/mol. The summed E-state index contributed by atoms with van der Waals surface area (Å²) in [4.78, 5) is 24.8. The molecule has 2 aromatic carbocycles. The van der Waals surface area contributed by atoms with Crippen molar-refractivity contribution < 1.29 is 22.7 Å². The zero-order valence-corrected chi connectivity index (χ0v) is 17.0. The summed E-state index contributed by atoms with van der Waals surface area (Å²) in [6.45, 7) is -1.63. The van der Waals surface area contributed by atoms with Crippen LogP contribution in [-0.2, 0) is 13.1 Å². The molecular weight excluding hydrogens is 463 g/mol. The number of hydrogen-bond donors (Lipinski definition) is 1. The molecule has 1 heterocycles. The number of nitrogens with zero attached hydrogens (tertiary/aromatic N) is 2. The van der Waals surface area contributed by atoms with Crippen LogP contribution in [0.2, 0.25) is 10.0 Å². The highest BCUT2D eigenvalue weighted by molar-refractivity contribution is 6.30. The molecule has 1 aromatic heterocycles. The van der Waals surface area contributed by atoms with Gasteiger partial charge in [0.05, 0.1) is 19.2 Å². The van der Waals surface area contributed by atoms with Crippen molar-refractivity contribution in [3.8, 4) is 5.88 Å². The van der Waals surface area contributed by atoms with E-state index >= 15 is 0 Å². The lowest BCUT2D eigenvalue weighted by atomic mass is 10.1. The van der Waals surface area contributed by atoms with Crippen LogP contribution in [0.4, 0.5) is 17.6 Å². The van der Waals surface area contributed by atoms with Gasteiger partial charge in [0.25, 0.3) is 5.56 Å². The van der Waals surface area contributed by atoms with Gasteiger partial charge in [-0.15, -0.1) is 0 Å². The van der Waals surface area contributed by atoms with Crippen LogP contribution < -0.4 is 11.2 Å². The fraction of sp³-hybridized carbons (Fsp3) is 0.200. The summed E-state index contributed by atoms with van der Waals surface area (Å²) < 4.78 is 57.2. The van der Waals surface area contributed by atoms with Crippen molar-refractivity contribution in [2.75, 3.05) is 0 Å². The van der Waals surface area contributed by atoms with Crippen molar-refractivity contribution in [3.63, 3.8) is 0 Å². The second-order valence-corrected chi connectivity index (χ2v) is 7.56. The van der Waals surface area contributed by atoms with Crippen LogP contribution in [0.15, 0.2) is 52.1 Å². The molecule has 164 valence electrons. The average molecular weight is 477 g/mol. The molecule has 0 amide bonds. The molecule has 0 aliphatic heterocycles. The van der Waals surface area contributed by atoms with E-state index < -0.39 is 54.2 Å². The number of halogens is 6. The van der Waals surface area contributed by atoms with E-state index in [0.29, 0.717) is 15.2 Å². The molecule has 0 saturated heterocycles. The van der Waals surface area contributed by atoms with Gasteiger partial charge in [0.15, 0.2) is 0 Å². The monoisotopic (exact) mass is 476 g/mol. The van der Waals surface area contributed by atoms with Crippen molar-refractivity contribution in [3.05, 3.63) is 96.1 Å². The molecule has 3 rings (SSSR count). The maximum atomic E-state index is 14.7. The van der Waals surface area contributed by atoms with Gasteiger partial charge in [-0.25, -0.2) is 22.4 Å². The topological polar surface area (TPSA) is 64.2 Å². The Morgan fingerprint density at radius 3 is 1.68 bits per heavy atom. The summed E-state index contributed by atoms with van der Waals surface area (Å²) in [5.74, 6) is -2.48. The fourth-order valence-electron chi connectivity index (χ4n) is 2.99. The first kappa shape index (κ1) is 22.9. The van der Waals surface area contributed by atoms with Gasteiger partial charge in [0.2, 0.25) is 5.88 Å². The summed E-state index contributed by atoms with van der Waals surface area (Å²) >= 11 is 11.4. The first-order valence-electron chi connectivity index (χ1n) is 8.79. The summed E-state index contributed by atoms with van der Waals surface area (Å²) in [7, 11) is 0. The van der Waals surface area contributed by atoms with E-state index in [9.17, 15) is 32.3 Å². The van der Waals surface area contributed by atoms with E-state index in [-0.39, 0.29) is 21.2 Å². The van der Waals surface area contributed by atoms with Crippen LogP contribution in [0.1, 0.15) is 23.5 Å². The molecule has 1 N–H and O–H groups in total. The highest BCUT2D eigenvalue weighted by Crippen LogP contribution is 2.26. The minimum Gasteiger partial charge on any atom is -0.494 e. The standard InChI is InChI=1S/C20H14Cl2F4N2O3/c21-12-1-10(3-14(23)5-12)16(25)8-27-18(29)7-19(30)28(20(27)31)9-17(26)11-2-13(22)6-15(24)4-11/h1-7,16-17,29H,8-9H2/t16-,17-/m1/s1. The third-order valence-corrected chi connectivity index (χ3v) is 4.87. The van der Waals surface area contributed by atoms with Crippen molar-refractivity contribution in [1.82, 2.24) is 9.13 Å². The van der Waals surface area contributed by atoms with Gasteiger partial charge >= 0.3 is 5.69 Å². The molecule has 0 aliphatic carbocycles. The highest BCUT2D eigenvalue weighted by Gasteiger charge is 2.21. The molecule has 0 unspecified atom stereocenters. The first-order chi connectivity index (χ1) is 14.5. The van der Waals surface area contributed by atoms with Gasteiger partial charge in [-0.05, 0) is 47.5 Å². The summed E-state index contributed by atoms with van der Waals surface area (Å²) in [5, 5.41) is 9.79. The SMILES string of the molecule is O=c1cc(O)n(C[C@@H](F)c2cc(F)cc(Cl)c2)c(=O)n1C[C@@H](F)c1cc(F)cc(Cl)c1. The molecule has 0 aliphatic rings. The van der Waals surface area contributed by atoms with Crippen LogP contribution in [0.5, 0.6) is 5.88 Å². The van der Waals surface area contributed by atoms with Gasteiger partial charge in [-0.3, -0.25) is 13.9 Å². The van der Waals surface area contributed by atoms with Crippen LogP contribution in [0.3, 0.4) is 0 Å². The minimum absolute atomic E-state index is 0.0757. The molecule has 3 aromatic rings. The Kier molecular flexibility index (Phi) is 6.76.